The molecule has 0 bridgehead atoms. The van der Waals surface area contributed by atoms with Gasteiger partial charge in [-0.05, 0) is 28.1 Å². The van der Waals surface area contributed by atoms with Crippen LogP contribution in [0, 0.1) is 0 Å². The van der Waals surface area contributed by atoms with E-state index in [-0.39, 0.29) is 6.61 Å². The van der Waals surface area contributed by atoms with Crippen molar-refractivity contribution in [3.05, 3.63) is 34.7 Å². The van der Waals surface area contributed by atoms with Gasteiger partial charge in [-0.25, -0.2) is 9.50 Å². The average molecular weight is 332 g/mol. The number of hydrogen-bond acceptors (Lipinski definition) is 5. The molecule has 18 heavy (non-hydrogen) atoms. The van der Waals surface area contributed by atoms with E-state index in [4.69, 9.17) is 0 Å². The van der Waals surface area contributed by atoms with Crippen LogP contribution >= 0.6 is 15.9 Å². The van der Waals surface area contributed by atoms with Crippen LogP contribution in [0.15, 0.2) is 29.0 Å². The molecule has 2 heterocycles. The van der Waals surface area contributed by atoms with Crippen LogP contribution in [-0.4, -0.2) is 35.9 Å². The molecule has 0 amide bonds. The number of nitrogens with zero attached hydrogens (tertiary/aromatic N) is 3. The number of aromatic nitrogens is 3. The zero-order valence-electron chi connectivity index (χ0n) is 9.45. The van der Waals surface area contributed by atoms with Crippen molar-refractivity contribution in [2.24, 2.45) is 0 Å². The molecule has 2 aromatic rings. The van der Waals surface area contributed by atoms with Crippen molar-refractivity contribution in [2.45, 2.75) is 0 Å². The lowest BCUT2D eigenvalue weighted by atomic mass is 10.3. The fourth-order valence-electron chi connectivity index (χ4n) is 1.28. The molecule has 0 aromatic carbocycles. The van der Waals surface area contributed by atoms with Gasteiger partial charge in [-0.2, -0.15) is 13.5 Å². The Kier molecular flexibility index (Phi) is 3.79. The van der Waals surface area contributed by atoms with Crippen LogP contribution < -0.4 is 0 Å². The van der Waals surface area contributed by atoms with Crippen LogP contribution in [-0.2, 0) is 14.3 Å². The summed E-state index contributed by atoms with van der Waals surface area (Å²) in [6.45, 7) is -0.00781. The molecule has 2 aromatic heterocycles. The molecule has 0 unspecified atom stereocenters. The van der Waals surface area contributed by atoms with Crippen molar-refractivity contribution in [1.29, 1.82) is 0 Å². The molecule has 2 rings (SSSR count). The van der Waals surface area contributed by atoms with Gasteiger partial charge in [0, 0.05) is 6.20 Å². The van der Waals surface area contributed by atoms with Crippen molar-refractivity contribution < 1.29 is 12.6 Å². The third-order valence-corrected chi connectivity index (χ3v) is 3.14. The van der Waals surface area contributed by atoms with Crippen molar-refractivity contribution in [2.75, 3.05) is 12.9 Å². The lowest BCUT2D eigenvalue weighted by molar-refractivity contribution is 0.362. The van der Waals surface area contributed by atoms with Crippen molar-refractivity contribution in [3.63, 3.8) is 0 Å². The zero-order chi connectivity index (χ0) is 13.2. The minimum Gasteiger partial charge on any atom is -0.266 e. The topological polar surface area (TPSA) is 73.6 Å². The van der Waals surface area contributed by atoms with Crippen LogP contribution in [0.5, 0.6) is 0 Å². The summed E-state index contributed by atoms with van der Waals surface area (Å²) in [7, 11) is -3.40. The van der Waals surface area contributed by atoms with E-state index in [2.05, 4.69) is 30.2 Å². The minimum absolute atomic E-state index is 0.00781. The predicted octanol–water partition coefficient (Wildman–Crippen LogP) is 1.48. The van der Waals surface area contributed by atoms with Crippen LogP contribution in [0.3, 0.4) is 0 Å². The van der Waals surface area contributed by atoms with E-state index in [0.717, 1.165) is 10.7 Å². The number of halogens is 1. The number of fused-ring (bicyclic) bond motifs is 1. The fourth-order valence-corrected chi connectivity index (χ4v) is 1.97. The maximum atomic E-state index is 10.7. The molecule has 0 fully saturated rings. The summed E-state index contributed by atoms with van der Waals surface area (Å²) in [5.74, 6) is 0. The van der Waals surface area contributed by atoms with Gasteiger partial charge in [-0.15, -0.1) is 0 Å². The highest BCUT2D eigenvalue weighted by Crippen LogP contribution is 2.15. The zero-order valence-corrected chi connectivity index (χ0v) is 11.8. The lowest BCUT2D eigenvalue weighted by Crippen LogP contribution is -2.01. The van der Waals surface area contributed by atoms with Gasteiger partial charge in [-0.3, -0.25) is 4.18 Å². The van der Waals surface area contributed by atoms with Crippen molar-refractivity contribution in [3.8, 4) is 0 Å². The van der Waals surface area contributed by atoms with E-state index in [0.29, 0.717) is 11.3 Å². The summed E-state index contributed by atoms with van der Waals surface area (Å²) in [5, 5.41) is 4.07. The predicted molar refractivity (Wildman–Crippen MR) is 70.5 cm³/mol. The Morgan fingerprint density at radius 3 is 3.06 bits per heavy atom. The number of hydrogen-bond donors (Lipinski definition) is 0. The maximum absolute atomic E-state index is 10.7. The molecule has 96 valence electrons. The quantitative estimate of drug-likeness (QED) is 0.793. The van der Waals surface area contributed by atoms with Crippen LogP contribution in [0.1, 0.15) is 5.69 Å². The maximum Gasteiger partial charge on any atom is 0.264 e. The lowest BCUT2D eigenvalue weighted by Gasteiger charge is -1.97. The molecule has 0 aliphatic carbocycles. The van der Waals surface area contributed by atoms with Crippen molar-refractivity contribution >= 4 is 37.8 Å². The number of rotatable bonds is 4. The highest BCUT2D eigenvalue weighted by Gasteiger charge is 2.02. The third kappa shape index (κ3) is 3.37. The van der Waals surface area contributed by atoms with Gasteiger partial charge in [0.1, 0.15) is 0 Å². The summed E-state index contributed by atoms with van der Waals surface area (Å²) in [5.41, 5.74) is 1.39. The highest BCUT2D eigenvalue weighted by atomic mass is 79.9. The summed E-state index contributed by atoms with van der Waals surface area (Å²) in [6.07, 6.45) is 7.70. The first-order chi connectivity index (χ1) is 8.46. The molecule has 0 N–H and O–H groups in total. The summed E-state index contributed by atoms with van der Waals surface area (Å²) in [4.78, 5) is 4.33. The highest BCUT2D eigenvalue weighted by molar-refractivity contribution is 9.10. The standard InChI is InChI=1S/C10H10BrN3O3S/c1-18(15,16)17-6-2-3-8-4-5-14-10(13-8)9(11)7-12-14/h2-5,7H,6H2,1H3/b3-2+. The minimum atomic E-state index is -3.40. The molecule has 0 aliphatic rings. The first-order valence-electron chi connectivity index (χ1n) is 4.96. The van der Waals surface area contributed by atoms with Crippen LogP contribution in [0.25, 0.3) is 11.7 Å². The SMILES string of the molecule is CS(=O)(=O)OC/C=C/c1ccn2ncc(Br)c2n1. The van der Waals surface area contributed by atoms with Gasteiger partial charge < -0.3 is 0 Å². The van der Waals surface area contributed by atoms with Crippen LogP contribution in [0.4, 0.5) is 0 Å². The molecule has 0 aliphatic heterocycles. The van der Waals surface area contributed by atoms with Crippen LogP contribution in [0.2, 0.25) is 0 Å². The van der Waals surface area contributed by atoms with Gasteiger partial charge in [0.2, 0.25) is 0 Å². The molecule has 8 heteroatoms. The van der Waals surface area contributed by atoms with Gasteiger partial charge in [-0.1, -0.05) is 6.08 Å². The summed E-state index contributed by atoms with van der Waals surface area (Å²) < 4.78 is 28.5. The second kappa shape index (κ2) is 5.17. The van der Waals surface area contributed by atoms with Gasteiger partial charge in [0.25, 0.3) is 10.1 Å². The molecule has 0 spiro atoms. The largest absolute Gasteiger partial charge is 0.266 e. The molecule has 0 saturated heterocycles. The van der Waals surface area contributed by atoms with E-state index >= 15 is 0 Å². The first kappa shape index (κ1) is 13.2. The summed E-state index contributed by atoms with van der Waals surface area (Å²) >= 11 is 3.34. The Morgan fingerprint density at radius 2 is 2.33 bits per heavy atom. The molecular formula is C10H10BrN3O3S. The van der Waals surface area contributed by atoms with Gasteiger partial charge in [0.05, 0.1) is 29.2 Å². The van der Waals surface area contributed by atoms with E-state index in [1.807, 2.05) is 0 Å². The molecular weight excluding hydrogens is 322 g/mol. The molecule has 0 radical (unpaired) electrons. The molecule has 0 atom stereocenters. The Hall–Kier alpha value is -1.25. The second-order valence-electron chi connectivity index (χ2n) is 3.50. The second-order valence-corrected chi connectivity index (χ2v) is 6.00. The molecule has 6 nitrogen and oxygen atoms in total. The van der Waals surface area contributed by atoms with E-state index < -0.39 is 10.1 Å². The average Bonchev–Trinajstić information content (AvgIpc) is 2.65. The smallest absolute Gasteiger partial charge is 0.264 e. The normalized spacial score (nSPS) is 12.6. The monoisotopic (exact) mass is 331 g/mol. The fraction of sp³-hybridized carbons (Fsp3) is 0.200. The summed E-state index contributed by atoms with van der Waals surface area (Å²) in [6, 6.07) is 1.77. The van der Waals surface area contributed by atoms with E-state index in [1.165, 1.54) is 0 Å². The van der Waals surface area contributed by atoms with E-state index in [1.54, 1.807) is 35.1 Å². The van der Waals surface area contributed by atoms with Gasteiger partial charge >= 0.3 is 0 Å². The Labute approximate surface area is 113 Å². The Bertz CT molecular complexity index is 693. The Morgan fingerprint density at radius 1 is 1.56 bits per heavy atom. The molecule has 0 saturated carbocycles. The van der Waals surface area contributed by atoms with Crippen molar-refractivity contribution in [1.82, 2.24) is 14.6 Å². The first-order valence-corrected chi connectivity index (χ1v) is 7.57. The van der Waals surface area contributed by atoms with E-state index in [9.17, 15) is 8.42 Å². The Balaban J connectivity index is 2.12. The van der Waals surface area contributed by atoms with Gasteiger partial charge in [0.15, 0.2) is 5.65 Å². The third-order valence-electron chi connectivity index (χ3n) is 2.01.